The van der Waals surface area contributed by atoms with Crippen molar-refractivity contribution in [1.82, 2.24) is 4.98 Å². The van der Waals surface area contributed by atoms with E-state index >= 15 is 0 Å². The molecule has 0 unspecified atom stereocenters. The Morgan fingerprint density at radius 1 is 1.31 bits per heavy atom. The number of nitrogens with zero attached hydrogens (tertiary/aromatic N) is 1. The van der Waals surface area contributed by atoms with Gasteiger partial charge >= 0.3 is 0 Å². The monoisotopic (exact) mass is 218 g/mol. The molecule has 1 aromatic carbocycles. The van der Waals surface area contributed by atoms with Gasteiger partial charge in [0, 0.05) is 12.4 Å². The van der Waals surface area contributed by atoms with E-state index in [0.29, 0.717) is 5.75 Å². The minimum absolute atomic E-state index is 0.00209. The van der Waals surface area contributed by atoms with Crippen molar-refractivity contribution in [1.29, 1.82) is 0 Å². The van der Waals surface area contributed by atoms with Crippen molar-refractivity contribution >= 4 is 16.7 Å². The van der Waals surface area contributed by atoms with E-state index in [1.807, 2.05) is 37.4 Å². The summed E-state index contributed by atoms with van der Waals surface area (Å²) < 4.78 is 5.43. The van der Waals surface area contributed by atoms with E-state index in [9.17, 15) is 0 Å². The highest BCUT2D eigenvalue weighted by Gasteiger charge is 2.03. The van der Waals surface area contributed by atoms with E-state index in [4.69, 9.17) is 9.84 Å². The van der Waals surface area contributed by atoms with E-state index in [2.05, 4.69) is 10.3 Å². The number of ether oxygens (including phenoxy) is 1. The first kappa shape index (κ1) is 10.7. The second kappa shape index (κ2) is 4.81. The van der Waals surface area contributed by atoms with Gasteiger partial charge in [-0.05, 0) is 18.2 Å². The Kier molecular flexibility index (Phi) is 3.22. The summed E-state index contributed by atoms with van der Waals surface area (Å²) in [5.41, 5.74) is 0.808. The van der Waals surface area contributed by atoms with Crippen molar-refractivity contribution in [3.05, 3.63) is 30.3 Å². The first-order valence-corrected chi connectivity index (χ1v) is 5.16. The van der Waals surface area contributed by atoms with Crippen molar-refractivity contribution < 1.29 is 9.84 Å². The van der Waals surface area contributed by atoms with Crippen molar-refractivity contribution in [2.24, 2.45) is 0 Å². The lowest BCUT2D eigenvalue weighted by molar-refractivity contribution is 0.202. The molecule has 0 saturated heterocycles. The fourth-order valence-corrected chi connectivity index (χ4v) is 1.53. The topological polar surface area (TPSA) is 54.4 Å². The zero-order chi connectivity index (χ0) is 11.4. The summed E-state index contributed by atoms with van der Waals surface area (Å²) in [5.74, 6) is 1.50. The number of hydrogen-bond acceptors (Lipinski definition) is 4. The SMILES string of the molecule is CNc1ccc2cccc(OCCO)c2n1. The Hall–Kier alpha value is -1.81. The molecule has 2 N–H and O–H groups in total. The number of hydrogen-bond donors (Lipinski definition) is 2. The zero-order valence-corrected chi connectivity index (χ0v) is 9.10. The molecule has 0 radical (unpaired) electrons. The average molecular weight is 218 g/mol. The number of aliphatic hydroxyl groups excluding tert-OH is 1. The summed E-state index contributed by atoms with van der Waals surface area (Å²) in [6, 6.07) is 9.64. The molecule has 0 aliphatic carbocycles. The highest BCUT2D eigenvalue weighted by molar-refractivity contribution is 5.85. The number of rotatable bonds is 4. The van der Waals surface area contributed by atoms with Crippen LogP contribution >= 0.6 is 0 Å². The quantitative estimate of drug-likeness (QED) is 0.819. The molecule has 2 rings (SSSR count). The minimum Gasteiger partial charge on any atom is -0.489 e. The zero-order valence-electron chi connectivity index (χ0n) is 9.10. The standard InChI is InChI=1S/C12H14N2O2/c1-13-11-6-5-9-3-2-4-10(12(9)14-11)16-8-7-15/h2-6,15H,7-8H2,1H3,(H,13,14). The predicted octanol–water partition coefficient (Wildman–Crippen LogP) is 1.65. The fraction of sp³-hybridized carbons (Fsp3) is 0.250. The Morgan fingerprint density at radius 2 is 2.19 bits per heavy atom. The second-order valence-electron chi connectivity index (χ2n) is 3.35. The van der Waals surface area contributed by atoms with Crippen LogP contribution in [0, 0.1) is 0 Å². The van der Waals surface area contributed by atoms with Gasteiger partial charge in [0.25, 0.3) is 0 Å². The van der Waals surface area contributed by atoms with E-state index in [-0.39, 0.29) is 13.2 Å². The molecule has 2 aromatic rings. The maximum absolute atomic E-state index is 8.74. The number of anilines is 1. The number of aromatic nitrogens is 1. The van der Waals surface area contributed by atoms with Crippen LogP contribution in [0.5, 0.6) is 5.75 Å². The number of pyridine rings is 1. The molecular weight excluding hydrogens is 204 g/mol. The number of nitrogens with one attached hydrogen (secondary N) is 1. The Labute approximate surface area is 93.9 Å². The van der Waals surface area contributed by atoms with Gasteiger partial charge in [-0.1, -0.05) is 12.1 Å². The van der Waals surface area contributed by atoms with Gasteiger partial charge in [0.1, 0.15) is 23.7 Å². The third-order valence-corrected chi connectivity index (χ3v) is 2.29. The number of aliphatic hydroxyl groups is 1. The highest BCUT2D eigenvalue weighted by Crippen LogP contribution is 2.24. The molecule has 0 saturated carbocycles. The smallest absolute Gasteiger partial charge is 0.145 e. The first-order valence-electron chi connectivity index (χ1n) is 5.16. The summed E-state index contributed by atoms with van der Waals surface area (Å²) >= 11 is 0. The fourth-order valence-electron chi connectivity index (χ4n) is 1.53. The molecule has 0 fully saturated rings. The van der Waals surface area contributed by atoms with E-state index in [0.717, 1.165) is 16.7 Å². The molecule has 4 heteroatoms. The first-order chi connectivity index (χ1) is 7.85. The summed E-state index contributed by atoms with van der Waals surface area (Å²) in [6.07, 6.45) is 0. The average Bonchev–Trinajstić information content (AvgIpc) is 2.35. The van der Waals surface area contributed by atoms with Crippen LogP contribution in [0.4, 0.5) is 5.82 Å². The maximum atomic E-state index is 8.74. The van der Waals surface area contributed by atoms with Crippen LogP contribution in [0.15, 0.2) is 30.3 Å². The molecule has 1 heterocycles. The number of para-hydroxylation sites is 1. The van der Waals surface area contributed by atoms with Gasteiger partial charge in [0.2, 0.25) is 0 Å². The molecule has 4 nitrogen and oxygen atoms in total. The second-order valence-corrected chi connectivity index (χ2v) is 3.35. The number of fused-ring (bicyclic) bond motifs is 1. The van der Waals surface area contributed by atoms with Crippen molar-refractivity contribution in [2.75, 3.05) is 25.6 Å². The lowest BCUT2D eigenvalue weighted by Gasteiger charge is -2.08. The van der Waals surface area contributed by atoms with Crippen LogP contribution in [0.25, 0.3) is 10.9 Å². The van der Waals surface area contributed by atoms with Gasteiger partial charge in [0.15, 0.2) is 0 Å². The molecule has 0 amide bonds. The summed E-state index contributed by atoms with van der Waals surface area (Å²) in [7, 11) is 1.82. The van der Waals surface area contributed by atoms with Crippen LogP contribution in [-0.2, 0) is 0 Å². The van der Waals surface area contributed by atoms with E-state index in [1.54, 1.807) is 0 Å². The molecule has 0 bridgehead atoms. The Morgan fingerprint density at radius 3 is 2.94 bits per heavy atom. The van der Waals surface area contributed by atoms with Crippen molar-refractivity contribution in [2.45, 2.75) is 0 Å². The Bertz CT molecular complexity index is 485. The van der Waals surface area contributed by atoms with Crippen LogP contribution in [0.2, 0.25) is 0 Å². The largest absolute Gasteiger partial charge is 0.489 e. The van der Waals surface area contributed by atoms with Crippen LogP contribution < -0.4 is 10.1 Å². The lowest BCUT2D eigenvalue weighted by Crippen LogP contribution is -2.02. The maximum Gasteiger partial charge on any atom is 0.145 e. The molecule has 0 aliphatic rings. The van der Waals surface area contributed by atoms with Crippen LogP contribution in [0.1, 0.15) is 0 Å². The molecule has 0 atom stereocenters. The van der Waals surface area contributed by atoms with Crippen molar-refractivity contribution in [3.63, 3.8) is 0 Å². The van der Waals surface area contributed by atoms with Crippen molar-refractivity contribution in [3.8, 4) is 5.75 Å². The Balaban J connectivity index is 2.46. The van der Waals surface area contributed by atoms with Gasteiger partial charge in [0.05, 0.1) is 6.61 Å². The van der Waals surface area contributed by atoms with E-state index < -0.39 is 0 Å². The molecular formula is C12H14N2O2. The minimum atomic E-state index is 0.00209. The number of benzene rings is 1. The summed E-state index contributed by atoms with van der Waals surface area (Å²) in [6.45, 7) is 0.284. The van der Waals surface area contributed by atoms with E-state index in [1.165, 1.54) is 0 Å². The third-order valence-electron chi connectivity index (χ3n) is 2.29. The molecule has 1 aromatic heterocycles. The van der Waals surface area contributed by atoms with Gasteiger partial charge in [-0.25, -0.2) is 4.98 Å². The van der Waals surface area contributed by atoms with Crippen LogP contribution in [0.3, 0.4) is 0 Å². The molecule has 84 valence electrons. The lowest BCUT2D eigenvalue weighted by atomic mass is 10.2. The normalized spacial score (nSPS) is 10.4. The molecule has 0 spiro atoms. The van der Waals surface area contributed by atoms with Gasteiger partial charge in [-0.15, -0.1) is 0 Å². The third kappa shape index (κ3) is 2.06. The van der Waals surface area contributed by atoms with Crippen LogP contribution in [-0.4, -0.2) is 30.4 Å². The van der Waals surface area contributed by atoms with Gasteiger partial charge in [-0.2, -0.15) is 0 Å². The highest BCUT2D eigenvalue weighted by atomic mass is 16.5. The molecule has 16 heavy (non-hydrogen) atoms. The van der Waals surface area contributed by atoms with Gasteiger partial charge < -0.3 is 15.2 Å². The summed E-state index contributed by atoms with van der Waals surface area (Å²) in [5, 5.41) is 12.8. The van der Waals surface area contributed by atoms with Gasteiger partial charge in [-0.3, -0.25) is 0 Å². The summed E-state index contributed by atoms with van der Waals surface area (Å²) in [4.78, 5) is 4.43. The predicted molar refractivity (Wildman–Crippen MR) is 63.9 cm³/mol. The molecule has 0 aliphatic heterocycles.